The SMILES string of the molecule is Clc1cnc(Sc2ccnc(Cl)c2Cl)cn1. The molecule has 2 aromatic heterocycles. The summed E-state index contributed by atoms with van der Waals surface area (Å²) in [4.78, 5) is 12.6. The molecular formula is C9H4Cl3N3S. The van der Waals surface area contributed by atoms with Crippen LogP contribution in [-0.4, -0.2) is 15.0 Å². The predicted octanol–water partition coefficient (Wildman–Crippen LogP) is 3.98. The maximum atomic E-state index is 5.98. The molecule has 2 rings (SSSR count). The lowest BCUT2D eigenvalue weighted by Gasteiger charge is -2.03. The predicted molar refractivity (Wildman–Crippen MR) is 65.4 cm³/mol. The minimum atomic E-state index is 0.272. The molecule has 0 N–H and O–H groups in total. The van der Waals surface area contributed by atoms with Crippen molar-refractivity contribution in [3.05, 3.63) is 40.0 Å². The minimum Gasteiger partial charge on any atom is -0.245 e. The van der Waals surface area contributed by atoms with Crippen LogP contribution in [0.25, 0.3) is 0 Å². The number of rotatable bonds is 2. The van der Waals surface area contributed by atoms with Crippen LogP contribution < -0.4 is 0 Å². The highest BCUT2D eigenvalue weighted by molar-refractivity contribution is 7.99. The van der Waals surface area contributed by atoms with Crippen LogP contribution in [0, 0.1) is 0 Å². The van der Waals surface area contributed by atoms with E-state index in [-0.39, 0.29) is 5.15 Å². The molecule has 2 heterocycles. The van der Waals surface area contributed by atoms with E-state index in [0.717, 1.165) is 4.90 Å². The first-order valence-corrected chi connectivity index (χ1v) is 6.07. The second kappa shape index (κ2) is 5.19. The zero-order valence-corrected chi connectivity index (χ0v) is 10.8. The van der Waals surface area contributed by atoms with Gasteiger partial charge in [0.15, 0.2) is 0 Å². The fourth-order valence-corrected chi connectivity index (χ4v) is 2.24. The van der Waals surface area contributed by atoms with E-state index in [4.69, 9.17) is 34.8 Å². The fraction of sp³-hybridized carbons (Fsp3) is 0. The van der Waals surface area contributed by atoms with E-state index < -0.39 is 0 Å². The molecule has 0 unspecified atom stereocenters. The van der Waals surface area contributed by atoms with Gasteiger partial charge in [0.05, 0.1) is 17.4 Å². The van der Waals surface area contributed by atoms with Crippen molar-refractivity contribution in [1.82, 2.24) is 15.0 Å². The zero-order valence-electron chi connectivity index (χ0n) is 7.69. The van der Waals surface area contributed by atoms with Crippen molar-refractivity contribution < 1.29 is 0 Å². The number of nitrogens with zero attached hydrogens (tertiary/aromatic N) is 3. The zero-order chi connectivity index (χ0) is 11.5. The Balaban J connectivity index is 2.27. The highest BCUT2D eigenvalue weighted by atomic mass is 35.5. The normalized spacial score (nSPS) is 10.4. The van der Waals surface area contributed by atoms with Crippen molar-refractivity contribution >= 4 is 46.6 Å². The second-order valence-electron chi connectivity index (χ2n) is 2.69. The highest BCUT2D eigenvalue weighted by Gasteiger charge is 2.08. The summed E-state index contributed by atoms with van der Waals surface area (Å²) in [7, 11) is 0. The maximum Gasteiger partial charge on any atom is 0.148 e. The molecule has 3 nitrogen and oxygen atoms in total. The molecular weight excluding hydrogens is 289 g/mol. The van der Waals surface area contributed by atoms with Crippen LogP contribution in [0.5, 0.6) is 0 Å². The Morgan fingerprint density at radius 2 is 1.81 bits per heavy atom. The van der Waals surface area contributed by atoms with Gasteiger partial charge in [-0.25, -0.2) is 15.0 Å². The van der Waals surface area contributed by atoms with Gasteiger partial charge in [0, 0.05) is 11.1 Å². The average Bonchev–Trinajstić information content (AvgIpc) is 2.28. The minimum absolute atomic E-state index is 0.272. The third kappa shape index (κ3) is 2.77. The van der Waals surface area contributed by atoms with Gasteiger partial charge in [-0.15, -0.1) is 0 Å². The molecule has 0 saturated carbocycles. The lowest BCUT2D eigenvalue weighted by Crippen LogP contribution is -1.84. The molecule has 0 spiro atoms. The molecule has 0 aliphatic heterocycles. The Bertz CT molecular complexity index is 504. The number of halogens is 3. The van der Waals surface area contributed by atoms with Crippen molar-refractivity contribution in [2.75, 3.05) is 0 Å². The molecule has 0 aliphatic carbocycles. The molecule has 0 aliphatic rings. The van der Waals surface area contributed by atoms with Gasteiger partial charge in [-0.05, 0) is 6.07 Å². The summed E-state index contributed by atoms with van der Waals surface area (Å²) in [5.74, 6) is 0. The first kappa shape index (κ1) is 11.9. The Hall–Kier alpha value is -0.550. The van der Waals surface area contributed by atoms with Crippen LogP contribution in [0.15, 0.2) is 34.6 Å². The van der Waals surface area contributed by atoms with Gasteiger partial charge in [-0.1, -0.05) is 46.6 Å². The van der Waals surface area contributed by atoms with Crippen LogP contribution >= 0.6 is 46.6 Å². The number of hydrogen-bond acceptors (Lipinski definition) is 4. The molecule has 0 amide bonds. The van der Waals surface area contributed by atoms with E-state index in [2.05, 4.69) is 15.0 Å². The van der Waals surface area contributed by atoms with Gasteiger partial charge < -0.3 is 0 Å². The smallest absolute Gasteiger partial charge is 0.148 e. The van der Waals surface area contributed by atoms with Gasteiger partial charge in [0.1, 0.15) is 15.3 Å². The topological polar surface area (TPSA) is 38.7 Å². The Morgan fingerprint density at radius 1 is 1.00 bits per heavy atom. The monoisotopic (exact) mass is 291 g/mol. The lowest BCUT2D eigenvalue weighted by atomic mass is 10.5. The van der Waals surface area contributed by atoms with E-state index >= 15 is 0 Å². The molecule has 2 aromatic rings. The van der Waals surface area contributed by atoms with Crippen molar-refractivity contribution in [3.63, 3.8) is 0 Å². The standard InChI is InChI=1S/C9H4Cl3N3S/c10-6-3-15-7(4-14-6)16-5-1-2-13-9(12)8(5)11/h1-4H. The van der Waals surface area contributed by atoms with Gasteiger partial charge in [-0.3, -0.25) is 0 Å². The van der Waals surface area contributed by atoms with Gasteiger partial charge in [0.2, 0.25) is 0 Å². The largest absolute Gasteiger partial charge is 0.245 e. The summed E-state index contributed by atoms with van der Waals surface area (Å²) in [6, 6.07) is 1.76. The third-order valence-corrected chi connectivity index (χ3v) is 3.68. The fourth-order valence-electron chi connectivity index (χ4n) is 0.947. The first-order valence-electron chi connectivity index (χ1n) is 4.12. The molecule has 0 saturated heterocycles. The van der Waals surface area contributed by atoms with E-state index in [9.17, 15) is 0 Å². The molecule has 0 atom stereocenters. The number of aromatic nitrogens is 3. The van der Waals surface area contributed by atoms with E-state index in [1.807, 2.05) is 0 Å². The summed E-state index contributed by atoms with van der Waals surface area (Å²) in [5, 5.41) is 1.72. The van der Waals surface area contributed by atoms with Crippen molar-refractivity contribution in [2.24, 2.45) is 0 Å². The summed E-state index contributed by atoms with van der Waals surface area (Å²) < 4.78 is 0. The quantitative estimate of drug-likeness (QED) is 0.785. The lowest BCUT2D eigenvalue weighted by molar-refractivity contribution is 1.05. The highest BCUT2D eigenvalue weighted by Crippen LogP contribution is 2.34. The van der Waals surface area contributed by atoms with E-state index in [0.29, 0.717) is 15.2 Å². The summed E-state index contributed by atoms with van der Waals surface area (Å²) >= 11 is 18.8. The molecule has 0 radical (unpaired) electrons. The Morgan fingerprint density at radius 3 is 2.50 bits per heavy atom. The molecule has 0 bridgehead atoms. The van der Waals surface area contributed by atoms with Crippen molar-refractivity contribution in [2.45, 2.75) is 9.92 Å². The van der Waals surface area contributed by atoms with E-state index in [1.54, 1.807) is 18.5 Å². The molecule has 0 aromatic carbocycles. The van der Waals surface area contributed by atoms with Crippen molar-refractivity contribution in [3.8, 4) is 0 Å². The van der Waals surface area contributed by atoms with Crippen LogP contribution in [-0.2, 0) is 0 Å². The number of hydrogen-bond donors (Lipinski definition) is 0. The summed E-state index contributed by atoms with van der Waals surface area (Å²) in [6.45, 7) is 0. The van der Waals surface area contributed by atoms with Crippen LogP contribution in [0.1, 0.15) is 0 Å². The van der Waals surface area contributed by atoms with Crippen LogP contribution in [0.4, 0.5) is 0 Å². The average molecular weight is 293 g/mol. The second-order valence-corrected chi connectivity index (χ2v) is 4.88. The van der Waals surface area contributed by atoms with Gasteiger partial charge in [0.25, 0.3) is 0 Å². The first-order chi connectivity index (χ1) is 7.66. The van der Waals surface area contributed by atoms with Crippen LogP contribution in [0.2, 0.25) is 15.3 Å². The third-order valence-electron chi connectivity index (χ3n) is 1.62. The Labute approximate surface area is 111 Å². The summed E-state index contributed by atoms with van der Waals surface area (Å²) in [5.41, 5.74) is 0. The van der Waals surface area contributed by atoms with Crippen LogP contribution in [0.3, 0.4) is 0 Å². The molecule has 0 fully saturated rings. The number of pyridine rings is 1. The summed E-state index contributed by atoms with van der Waals surface area (Å²) in [6.07, 6.45) is 4.62. The molecule has 82 valence electrons. The Kier molecular flexibility index (Phi) is 3.86. The van der Waals surface area contributed by atoms with Gasteiger partial charge in [-0.2, -0.15) is 0 Å². The maximum absolute atomic E-state index is 5.98. The molecule has 16 heavy (non-hydrogen) atoms. The van der Waals surface area contributed by atoms with E-state index in [1.165, 1.54) is 18.0 Å². The van der Waals surface area contributed by atoms with Crippen molar-refractivity contribution in [1.29, 1.82) is 0 Å². The van der Waals surface area contributed by atoms with Gasteiger partial charge >= 0.3 is 0 Å². The molecule has 7 heteroatoms.